The van der Waals surface area contributed by atoms with E-state index < -0.39 is 11.6 Å². The third kappa shape index (κ3) is 5.00. The van der Waals surface area contributed by atoms with Gasteiger partial charge in [0, 0.05) is 26.1 Å². The standard InChI is InChI=1S/C25H31FN4O3S/c1-28(2)11-5-12-30-23(32)25(27-24(30)33,17-18-6-3-7-20(26)16-18)19-9-13-29(14-10-19)22(31)21-8-4-15-34-21/h3-4,6-8,15-16,19H,5,9-14,17H2,1-2H3,(H,27,33). The monoisotopic (exact) mass is 486 g/mol. The van der Waals surface area contributed by atoms with Crippen LogP contribution in [0.5, 0.6) is 0 Å². The molecule has 1 N–H and O–H groups in total. The summed E-state index contributed by atoms with van der Waals surface area (Å²) >= 11 is 1.42. The zero-order valence-corrected chi connectivity index (χ0v) is 20.4. The van der Waals surface area contributed by atoms with Crippen LogP contribution in [-0.4, -0.2) is 78.4 Å². The van der Waals surface area contributed by atoms with Gasteiger partial charge in [0.2, 0.25) is 0 Å². The molecule has 3 heterocycles. The van der Waals surface area contributed by atoms with Crippen molar-refractivity contribution in [2.45, 2.75) is 31.2 Å². The number of imide groups is 1. The van der Waals surface area contributed by atoms with Gasteiger partial charge in [0.1, 0.15) is 11.4 Å². The summed E-state index contributed by atoms with van der Waals surface area (Å²) in [5.41, 5.74) is -0.470. The minimum atomic E-state index is -1.14. The fourth-order valence-electron chi connectivity index (χ4n) is 5.03. The minimum Gasteiger partial charge on any atom is -0.338 e. The van der Waals surface area contributed by atoms with E-state index in [9.17, 15) is 18.8 Å². The zero-order valence-electron chi connectivity index (χ0n) is 19.6. The highest BCUT2D eigenvalue weighted by Gasteiger charge is 2.55. The molecule has 7 nitrogen and oxygen atoms in total. The maximum absolute atomic E-state index is 13.9. The lowest BCUT2D eigenvalue weighted by Gasteiger charge is -2.41. The molecule has 0 aliphatic carbocycles. The number of nitrogens with one attached hydrogen (secondary N) is 1. The Balaban J connectivity index is 1.55. The fraction of sp³-hybridized carbons (Fsp3) is 0.480. The number of benzene rings is 1. The van der Waals surface area contributed by atoms with Crippen molar-refractivity contribution < 1.29 is 18.8 Å². The van der Waals surface area contributed by atoms with E-state index in [0.29, 0.717) is 49.3 Å². The molecule has 2 aromatic rings. The van der Waals surface area contributed by atoms with Gasteiger partial charge in [-0.3, -0.25) is 14.5 Å². The highest BCUT2D eigenvalue weighted by Crippen LogP contribution is 2.37. The number of amides is 4. The van der Waals surface area contributed by atoms with Crippen molar-refractivity contribution in [1.29, 1.82) is 0 Å². The number of carbonyl (C=O) groups is 3. The van der Waals surface area contributed by atoms with Crippen LogP contribution in [0.4, 0.5) is 9.18 Å². The highest BCUT2D eigenvalue weighted by atomic mass is 32.1. The summed E-state index contributed by atoms with van der Waals surface area (Å²) < 4.78 is 13.9. The topological polar surface area (TPSA) is 73.0 Å². The Morgan fingerprint density at radius 1 is 1.21 bits per heavy atom. The molecule has 182 valence electrons. The number of nitrogens with zero attached hydrogens (tertiary/aromatic N) is 3. The molecule has 2 aliphatic rings. The Morgan fingerprint density at radius 2 is 1.97 bits per heavy atom. The molecule has 0 bridgehead atoms. The van der Waals surface area contributed by atoms with E-state index in [1.54, 1.807) is 12.1 Å². The summed E-state index contributed by atoms with van der Waals surface area (Å²) in [6, 6.07) is 9.48. The Morgan fingerprint density at radius 3 is 2.62 bits per heavy atom. The summed E-state index contributed by atoms with van der Waals surface area (Å²) in [5.74, 6) is -0.773. The van der Waals surface area contributed by atoms with Crippen LogP contribution in [0.3, 0.4) is 0 Å². The van der Waals surface area contributed by atoms with E-state index in [4.69, 9.17) is 0 Å². The molecular formula is C25H31FN4O3S. The Hall–Kier alpha value is -2.78. The van der Waals surface area contributed by atoms with Gasteiger partial charge in [-0.25, -0.2) is 9.18 Å². The van der Waals surface area contributed by atoms with E-state index in [-0.39, 0.29) is 30.0 Å². The average Bonchev–Trinajstić information content (AvgIpc) is 3.42. The number of urea groups is 1. The largest absolute Gasteiger partial charge is 0.338 e. The smallest absolute Gasteiger partial charge is 0.325 e. The second-order valence-corrected chi connectivity index (χ2v) is 10.3. The Kier molecular flexibility index (Phi) is 7.33. The summed E-state index contributed by atoms with van der Waals surface area (Å²) in [5, 5.41) is 4.90. The maximum Gasteiger partial charge on any atom is 0.325 e. The van der Waals surface area contributed by atoms with Crippen LogP contribution in [0, 0.1) is 11.7 Å². The van der Waals surface area contributed by atoms with Gasteiger partial charge in [0.05, 0.1) is 4.88 Å². The molecule has 1 atom stereocenters. The molecular weight excluding hydrogens is 455 g/mol. The summed E-state index contributed by atoms with van der Waals surface area (Å²) in [4.78, 5) is 45.3. The molecule has 1 aromatic carbocycles. The van der Waals surface area contributed by atoms with E-state index in [2.05, 4.69) is 5.32 Å². The fourth-order valence-corrected chi connectivity index (χ4v) is 5.72. The van der Waals surface area contributed by atoms with Gasteiger partial charge in [0.25, 0.3) is 11.8 Å². The molecule has 4 amide bonds. The minimum absolute atomic E-state index is 0.000253. The van der Waals surface area contributed by atoms with Gasteiger partial charge >= 0.3 is 6.03 Å². The Bertz CT molecular complexity index is 1040. The lowest BCUT2D eigenvalue weighted by atomic mass is 9.74. The molecule has 0 saturated carbocycles. The third-order valence-corrected chi connectivity index (χ3v) is 7.63. The van der Waals surface area contributed by atoms with Crippen LogP contribution in [0.2, 0.25) is 0 Å². The second kappa shape index (κ2) is 10.2. The van der Waals surface area contributed by atoms with Crippen LogP contribution in [-0.2, 0) is 11.2 Å². The molecule has 2 saturated heterocycles. The summed E-state index contributed by atoms with van der Waals surface area (Å²) in [6.45, 7) is 2.12. The first kappa shape index (κ1) is 24.3. The highest BCUT2D eigenvalue weighted by molar-refractivity contribution is 7.12. The lowest BCUT2D eigenvalue weighted by molar-refractivity contribution is -0.134. The predicted octanol–water partition coefficient (Wildman–Crippen LogP) is 3.22. The molecule has 1 aromatic heterocycles. The van der Waals surface area contributed by atoms with Crippen LogP contribution < -0.4 is 5.32 Å². The van der Waals surface area contributed by atoms with E-state index in [1.165, 1.54) is 28.4 Å². The van der Waals surface area contributed by atoms with Gasteiger partial charge in [-0.2, -0.15) is 0 Å². The molecule has 4 rings (SSSR count). The van der Waals surface area contributed by atoms with E-state index in [1.807, 2.05) is 41.4 Å². The van der Waals surface area contributed by atoms with Crippen LogP contribution in [0.15, 0.2) is 41.8 Å². The van der Waals surface area contributed by atoms with E-state index in [0.717, 1.165) is 6.54 Å². The van der Waals surface area contributed by atoms with Crippen LogP contribution >= 0.6 is 11.3 Å². The van der Waals surface area contributed by atoms with Gasteiger partial charge < -0.3 is 15.1 Å². The van der Waals surface area contributed by atoms with Crippen molar-refractivity contribution in [3.05, 3.63) is 58.0 Å². The first-order valence-corrected chi connectivity index (χ1v) is 12.5. The number of carbonyl (C=O) groups excluding carboxylic acids is 3. The van der Waals surface area contributed by atoms with E-state index >= 15 is 0 Å². The molecule has 2 fully saturated rings. The number of thiophene rings is 1. The SMILES string of the molecule is CN(C)CCCN1C(=O)NC(Cc2cccc(F)c2)(C2CCN(C(=O)c3cccs3)CC2)C1=O. The van der Waals surface area contributed by atoms with Crippen molar-refractivity contribution in [1.82, 2.24) is 20.0 Å². The van der Waals surface area contributed by atoms with Crippen molar-refractivity contribution >= 4 is 29.2 Å². The second-order valence-electron chi connectivity index (χ2n) is 9.37. The van der Waals surface area contributed by atoms with Crippen molar-refractivity contribution in [3.63, 3.8) is 0 Å². The van der Waals surface area contributed by atoms with Gasteiger partial charge in [-0.05, 0) is 75.0 Å². The average molecular weight is 487 g/mol. The normalized spacial score (nSPS) is 21.4. The van der Waals surface area contributed by atoms with Gasteiger partial charge in [0.15, 0.2) is 0 Å². The molecule has 0 spiro atoms. The van der Waals surface area contributed by atoms with Crippen LogP contribution in [0.25, 0.3) is 0 Å². The summed E-state index contributed by atoms with van der Waals surface area (Å²) in [7, 11) is 3.90. The number of rotatable bonds is 8. The van der Waals surface area contributed by atoms with Crippen LogP contribution in [0.1, 0.15) is 34.5 Å². The lowest BCUT2D eigenvalue weighted by Crippen LogP contribution is -2.58. The molecule has 34 heavy (non-hydrogen) atoms. The molecule has 9 heteroatoms. The number of piperidine rings is 1. The predicted molar refractivity (Wildman–Crippen MR) is 129 cm³/mol. The number of hydrogen-bond acceptors (Lipinski definition) is 5. The van der Waals surface area contributed by atoms with Gasteiger partial charge in [-0.1, -0.05) is 18.2 Å². The van der Waals surface area contributed by atoms with Crippen molar-refractivity contribution in [2.24, 2.45) is 5.92 Å². The van der Waals surface area contributed by atoms with Gasteiger partial charge in [-0.15, -0.1) is 11.3 Å². The van der Waals surface area contributed by atoms with Crippen molar-refractivity contribution in [2.75, 3.05) is 40.3 Å². The van der Waals surface area contributed by atoms with Crippen molar-refractivity contribution in [3.8, 4) is 0 Å². The maximum atomic E-state index is 13.9. The molecule has 0 radical (unpaired) electrons. The first-order valence-electron chi connectivity index (χ1n) is 11.7. The Labute approximate surface area is 203 Å². The number of halogens is 1. The zero-order chi connectivity index (χ0) is 24.3. The summed E-state index contributed by atoms with van der Waals surface area (Å²) in [6.07, 6.45) is 2.08. The number of hydrogen-bond donors (Lipinski definition) is 1. The first-order chi connectivity index (χ1) is 16.3. The quantitative estimate of drug-likeness (QED) is 0.582. The molecule has 2 aliphatic heterocycles. The molecule has 1 unspecified atom stereocenters. The third-order valence-electron chi connectivity index (χ3n) is 6.77. The number of likely N-dealkylation sites (tertiary alicyclic amines) is 1.